The lowest BCUT2D eigenvalue weighted by Gasteiger charge is -2.19. The first-order valence-electron chi connectivity index (χ1n) is 9.68. The monoisotopic (exact) mass is 439 g/mol. The molecule has 0 spiro atoms. The van der Waals surface area contributed by atoms with Gasteiger partial charge in [0.15, 0.2) is 28.7 Å². The van der Waals surface area contributed by atoms with E-state index in [0.717, 1.165) is 0 Å². The van der Waals surface area contributed by atoms with Gasteiger partial charge in [-0.15, -0.1) is 10.2 Å². The van der Waals surface area contributed by atoms with Gasteiger partial charge >= 0.3 is 0 Å². The van der Waals surface area contributed by atoms with Crippen LogP contribution in [0, 0.1) is 17.1 Å². The highest BCUT2D eigenvalue weighted by Crippen LogP contribution is 2.28. The average Bonchev–Trinajstić information content (AvgIpc) is 3.19. The van der Waals surface area contributed by atoms with Crippen LogP contribution in [-0.2, 0) is 4.79 Å². The lowest BCUT2D eigenvalue weighted by Crippen LogP contribution is -2.17. The minimum absolute atomic E-state index is 0.00143. The van der Waals surface area contributed by atoms with E-state index in [0.29, 0.717) is 22.2 Å². The van der Waals surface area contributed by atoms with Crippen molar-refractivity contribution in [3.63, 3.8) is 0 Å². The van der Waals surface area contributed by atoms with Gasteiger partial charge in [0.2, 0.25) is 5.91 Å². The molecule has 1 aromatic heterocycles. The molecule has 1 atom stereocenters. The summed E-state index contributed by atoms with van der Waals surface area (Å²) in [7, 11) is 0. The Morgan fingerprint density at radius 3 is 2.61 bits per heavy atom. The Labute approximate surface area is 184 Å². The van der Waals surface area contributed by atoms with Crippen molar-refractivity contribution >= 4 is 23.4 Å². The second kappa shape index (κ2) is 10.1. The van der Waals surface area contributed by atoms with Gasteiger partial charge < -0.3 is 14.6 Å². The Hall–Kier alpha value is -3.38. The number of aromatic nitrogens is 3. The van der Waals surface area contributed by atoms with Gasteiger partial charge in [0.05, 0.1) is 17.0 Å². The Morgan fingerprint density at radius 1 is 1.19 bits per heavy atom. The number of carbonyl (C=O) groups is 1. The number of rotatable bonds is 8. The Bertz CT molecular complexity index is 1110. The third-order valence-corrected chi connectivity index (χ3v) is 5.31. The van der Waals surface area contributed by atoms with Crippen molar-refractivity contribution in [1.82, 2.24) is 14.8 Å². The van der Waals surface area contributed by atoms with Gasteiger partial charge in [-0.1, -0.05) is 36.0 Å². The zero-order valence-corrected chi connectivity index (χ0v) is 18.2. The maximum absolute atomic E-state index is 13.9. The number of hydrogen-bond donors (Lipinski definition) is 1. The molecule has 0 radical (unpaired) electrons. The van der Waals surface area contributed by atoms with Gasteiger partial charge in [0.1, 0.15) is 6.07 Å². The predicted molar refractivity (Wildman–Crippen MR) is 116 cm³/mol. The smallest absolute Gasteiger partial charge is 0.234 e. The van der Waals surface area contributed by atoms with E-state index in [1.54, 1.807) is 49.4 Å². The number of benzene rings is 2. The quantitative estimate of drug-likeness (QED) is 0.510. The molecule has 31 heavy (non-hydrogen) atoms. The van der Waals surface area contributed by atoms with Gasteiger partial charge in [0, 0.05) is 6.04 Å². The summed E-state index contributed by atoms with van der Waals surface area (Å²) in [6.07, 6.45) is -0.544. The molecule has 0 saturated heterocycles. The number of amides is 1. The maximum atomic E-state index is 13.9. The summed E-state index contributed by atoms with van der Waals surface area (Å²) in [6, 6.07) is 15.0. The molecule has 0 bridgehead atoms. The van der Waals surface area contributed by atoms with E-state index < -0.39 is 11.9 Å². The van der Waals surface area contributed by atoms with E-state index >= 15 is 0 Å². The molecule has 1 N–H and O–H groups in total. The summed E-state index contributed by atoms with van der Waals surface area (Å²) in [5, 5.41) is 20.9. The molecule has 1 amide bonds. The molecular weight excluding hydrogens is 417 g/mol. The number of halogens is 1. The van der Waals surface area contributed by atoms with E-state index in [4.69, 9.17) is 10.00 Å². The van der Waals surface area contributed by atoms with Crippen LogP contribution < -0.4 is 10.1 Å². The van der Waals surface area contributed by atoms with Gasteiger partial charge in [-0.2, -0.15) is 5.26 Å². The van der Waals surface area contributed by atoms with Crippen LogP contribution in [0.4, 0.5) is 10.1 Å². The topological polar surface area (TPSA) is 92.8 Å². The molecule has 0 fully saturated rings. The van der Waals surface area contributed by atoms with Crippen LogP contribution in [0.5, 0.6) is 5.75 Å². The molecular formula is C22H22FN5O2S. The summed E-state index contributed by atoms with van der Waals surface area (Å²) in [6.45, 7) is 5.71. The molecule has 3 aromatic rings. The number of nitrogens with one attached hydrogen (secondary N) is 1. The minimum atomic E-state index is -0.544. The number of thioether (sulfide) groups is 1. The zero-order chi connectivity index (χ0) is 22.4. The molecule has 7 nitrogen and oxygen atoms in total. The number of nitrogens with zero attached hydrogens (tertiary/aromatic N) is 4. The van der Waals surface area contributed by atoms with Crippen LogP contribution in [0.3, 0.4) is 0 Å². The fourth-order valence-electron chi connectivity index (χ4n) is 2.94. The van der Waals surface area contributed by atoms with Crippen molar-refractivity contribution in [2.45, 2.75) is 38.1 Å². The van der Waals surface area contributed by atoms with E-state index in [1.807, 2.05) is 24.5 Å². The van der Waals surface area contributed by atoms with Crippen molar-refractivity contribution in [3.8, 4) is 11.8 Å². The highest BCUT2D eigenvalue weighted by atomic mass is 32.2. The van der Waals surface area contributed by atoms with Gasteiger partial charge in [-0.05, 0) is 45.0 Å². The first kappa shape index (κ1) is 22.3. The zero-order valence-electron chi connectivity index (χ0n) is 17.4. The number of hydrogen-bond acceptors (Lipinski definition) is 6. The van der Waals surface area contributed by atoms with E-state index in [2.05, 4.69) is 15.5 Å². The SMILES string of the molecule is CC(Oc1ccccc1F)c1nnc(SCC(=O)Nc2ccccc2C#N)n1C(C)C. The third-order valence-electron chi connectivity index (χ3n) is 4.37. The van der Waals surface area contributed by atoms with Crippen molar-refractivity contribution in [2.75, 3.05) is 11.1 Å². The average molecular weight is 440 g/mol. The van der Waals surface area contributed by atoms with Crippen LogP contribution in [0.2, 0.25) is 0 Å². The third kappa shape index (κ3) is 5.41. The van der Waals surface area contributed by atoms with Gasteiger partial charge in [0.25, 0.3) is 0 Å². The van der Waals surface area contributed by atoms with E-state index in [9.17, 15) is 9.18 Å². The van der Waals surface area contributed by atoms with Crippen LogP contribution in [0.1, 0.15) is 44.3 Å². The number of carbonyl (C=O) groups excluding carboxylic acids is 1. The standard InChI is InChI=1S/C22H22FN5O2S/c1-14(2)28-21(15(3)30-19-11-7-5-9-17(19)23)26-27-22(28)31-13-20(29)25-18-10-6-4-8-16(18)12-24/h4-11,14-15H,13H2,1-3H3,(H,25,29). The number of para-hydroxylation sites is 2. The first-order chi connectivity index (χ1) is 14.9. The van der Waals surface area contributed by atoms with Crippen molar-refractivity contribution in [2.24, 2.45) is 0 Å². The molecule has 0 aliphatic heterocycles. The second-order valence-corrected chi connectivity index (χ2v) is 7.93. The van der Waals surface area contributed by atoms with Crippen molar-refractivity contribution < 1.29 is 13.9 Å². The number of nitriles is 1. The lowest BCUT2D eigenvalue weighted by atomic mass is 10.2. The highest BCUT2D eigenvalue weighted by Gasteiger charge is 2.23. The Balaban J connectivity index is 1.71. The minimum Gasteiger partial charge on any atom is -0.480 e. The summed E-state index contributed by atoms with van der Waals surface area (Å²) in [4.78, 5) is 12.4. The fourth-order valence-corrected chi connectivity index (χ4v) is 3.81. The second-order valence-electron chi connectivity index (χ2n) is 6.99. The van der Waals surface area contributed by atoms with Gasteiger partial charge in [-0.3, -0.25) is 4.79 Å². The van der Waals surface area contributed by atoms with Crippen LogP contribution >= 0.6 is 11.8 Å². The summed E-state index contributed by atoms with van der Waals surface area (Å²) < 4.78 is 21.6. The van der Waals surface area contributed by atoms with Crippen LogP contribution in [0.25, 0.3) is 0 Å². The summed E-state index contributed by atoms with van der Waals surface area (Å²) in [5.74, 6) is 0.0544. The van der Waals surface area contributed by atoms with Crippen molar-refractivity contribution in [1.29, 1.82) is 5.26 Å². The first-order valence-corrected chi connectivity index (χ1v) is 10.7. The van der Waals surface area contributed by atoms with E-state index in [-0.39, 0.29) is 23.5 Å². The lowest BCUT2D eigenvalue weighted by molar-refractivity contribution is -0.113. The van der Waals surface area contributed by atoms with Crippen LogP contribution in [-0.4, -0.2) is 26.4 Å². The molecule has 1 unspecified atom stereocenters. The molecule has 2 aromatic carbocycles. The molecule has 0 saturated carbocycles. The number of anilines is 1. The van der Waals surface area contributed by atoms with Crippen LogP contribution in [0.15, 0.2) is 53.7 Å². The maximum Gasteiger partial charge on any atom is 0.234 e. The Kier molecular flexibility index (Phi) is 7.26. The fraction of sp³-hybridized carbons (Fsp3) is 0.273. The summed E-state index contributed by atoms with van der Waals surface area (Å²) in [5.41, 5.74) is 0.862. The molecule has 0 aliphatic rings. The van der Waals surface area contributed by atoms with Crippen molar-refractivity contribution in [3.05, 3.63) is 65.7 Å². The molecule has 0 aliphatic carbocycles. The predicted octanol–water partition coefficient (Wildman–Crippen LogP) is 4.74. The molecule has 9 heteroatoms. The largest absolute Gasteiger partial charge is 0.480 e. The molecule has 1 heterocycles. The normalized spacial score (nSPS) is 11.7. The molecule has 160 valence electrons. The van der Waals surface area contributed by atoms with E-state index in [1.165, 1.54) is 17.8 Å². The van der Waals surface area contributed by atoms with Gasteiger partial charge in [-0.25, -0.2) is 4.39 Å². The summed E-state index contributed by atoms with van der Waals surface area (Å²) >= 11 is 1.23. The molecule has 3 rings (SSSR count). The Morgan fingerprint density at radius 2 is 1.90 bits per heavy atom. The highest BCUT2D eigenvalue weighted by molar-refractivity contribution is 7.99. The number of ether oxygens (including phenoxy) is 1.